The van der Waals surface area contributed by atoms with Gasteiger partial charge in [-0.25, -0.2) is 0 Å². The van der Waals surface area contributed by atoms with Crippen molar-refractivity contribution in [1.82, 2.24) is 0 Å². The van der Waals surface area contributed by atoms with Gasteiger partial charge in [0.05, 0.1) is 4.92 Å². The van der Waals surface area contributed by atoms with Crippen molar-refractivity contribution in [3.05, 3.63) is 46.0 Å². The van der Waals surface area contributed by atoms with Crippen LogP contribution >= 0.6 is 0 Å². The molecule has 0 saturated heterocycles. The minimum absolute atomic E-state index is 0.119. The number of nitrogens with zero attached hydrogens (tertiary/aromatic N) is 1. The highest BCUT2D eigenvalue weighted by Crippen LogP contribution is 2.23. The lowest BCUT2D eigenvalue weighted by Gasteiger charge is -2.08. The molecule has 0 heterocycles. The number of rotatable bonds is 5. The first-order valence-corrected chi connectivity index (χ1v) is 6.30. The molecule has 100 valence electrons. The van der Waals surface area contributed by atoms with Gasteiger partial charge in [-0.3, -0.25) is 10.1 Å². The molecule has 0 bridgehead atoms. The summed E-state index contributed by atoms with van der Waals surface area (Å²) in [5, 5.41) is 13.8. The summed E-state index contributed by atoms with van der Waals surface area (Å²) in [5.41, 5.74) is 1.92. The zero-order valence-corrected chi connectivity index (χ0v) is 11.6. The number of para-hydroxylation sites is 2. The predicted octanol–water partition coefficient (Wildman–Crippen LogP) is 4.39. The van der Waals surface area contributed by atoms with Crippen molar-refractivity contribution >= 4 is 11.4 Å². The third-order valence-corrected chi connectivity index (χ3v) is 2.47. The van der Waals surface area contributed by atoms with E-state index in [9.17, 15) is 10.1 Å². The molecular weight excluding hydrogens is 228 g/mol. The summed E-state index contributed by atoms with van der Waals surface area (Å²) in [6, 6.07) is 6.68. The van der Waals surface area contributed by atoms with E-state index in [2.05, 4.69) is 12.2 Å². The molecule has 1 N–H and O–H groups in total. The molecule has 1 rings (SSSR count). The first-order chi connectivity index (χ1) is 8.69. The molecule has 0 fully saturated rings. The van der Waals surface area contributed by atoms with E-state index in [0.717, 1.165) is 6.42 Å². The van der Waals surface area contributed by atoms with Gasteiger partial charge in [0.15, 0.2) is 0 Å². The van der Waals surface area contributed by atoms with Crippen LogP contribution in [0, 0.1) is 10.1 Å². The molecule has 4 heteroatoms. The van der Waals surface area contributed by atoms with Crippen molar-refractivity contribution in [2.75, 3.05) is 11.9 Å². The van der Waals surface area contributed by atoms with Crippen molar-refractivity contribution in [1.29, 1.82) is 0 Å². The molecule has 1 aromatic carbocycles. The van der Waals surface area contributed by atoms with Gasteiger partial charge in [-0.1, -0.05) is 44.6 Å². The zero-order valence-electron chi connectivity index (χ0n) is 11.6. The van der Waals surface area contributed by atoms with E-state index in [1.54, 1.807) is 18.2 Å². The van der Waals surface area contributed by atoms with Gasteiger partial charge in [0, 0.05) is 12.6 Å². The van der Waals surface area contributed by atoms with Crippen LogP contribution in [-0.4, -0.2) is 11.5 Å². The predicted molar refractivity (Wildman–Crippen MR) is 77.0 cm³/mol. The monoisotopic (exact) mass is 250 g/mol. The Morgan fingerprint density at radius 3 is 2.50 bits per heavy atom. The first kappa shape index (κ1) is 16.2. The number of hydrogen-bond donors (Lipinski definition) is 1. The smallest absolute Gasteiger partial charge is 0.292 e. The molecule has 0 amide bonds. The fraction of sp³-hybridized carbons (Fsp3) is 0.429. The fourth-order valence-corrected chi connectivity index (χ4v) is 1.42. The van der Waals surface area contributed by atoms with E-state index in [1.165, 1.54) is 11.6 Å². The van der Waals surface area contributed by atoms with Crippen LogP contribution in [0.2, 0.25) is 0 Å². The van der Waals surface area contributed by atoms with Crippen molar-refractivity contribution in [2.24, 2.45) is 0 Å². The maximum Gasteiger partial charge on any atom is 0.292 e. The summed E-state index contributed by atoms with van der Waals surface area (Å²) in [6.07, 6.45) is 2.98. The average molecular weight is 250 g/mol. The van der Waals surface area contributed by atoms with Gasteiger partial charge in [-0.2, -0.15) is 0 Å². The minimum atomic E-state index is -0.371. The maximum absolute atomic E-state index is 10.8. The van der Waals surface area contributed by atoms with Crippen LogP contribution in [-0.2, 0) is 0 Å². The second kappa shape index (κ2) is 9.22. The Labute approximate surface area is 109 Å². The number of nitro benzene ring substituents is 1. The Kier molecular flexibility index (Phi) is 8.27. The minimum Gasteiger partial charge on any atom is -0.376 e. The molecule has 4 nitrogen and oxygen atoms in total. The fourth-order valence-electron chi connectivity index (χ4n) is 1.42. The Bertz CT molecular complexity index is 401. The molecule has 0 aromatic heterocycles. The van der Waals surface area contributed by atoms with Crippen LogP contribution in [0.4, 0.5) is 11.4 Å². The molecule has 0 radical (unpaired) electrons. The van der Waals surface area contributed by atoms with E-state index >= 15 is 0 Å². The molecule has 0 atom stereocenters. The van der Waals surface area contributed by atoms with Gasteiger partial charge in [0.25, 0.3) is 5.69 Å². The number of anilines is 1. The summed E-state index contributed by atoms with van der Waals surface area (Å²) in [5.74, 6) is 0. The summed E-state index contributed by atoms with van der Waals surface area (Å²) in [7, 11) is 0. The second-order valence-corrected chi connectivity index (χ2v) is 3.43. The molecule has 0 unspecified atom stereocenters. The highest BCUT2D eigenvalue weighted by molar-refractivity contribution is 5.61. The third kappa shape index (κ3) is 4.99. The van der Waals surface area contributed by atoms with E-state index in [0.29, 0.717) is 12.2 Å². The quantitative estimate of drug-likeness (QED) is 0.479. The molecule has 0 spiro atoms. The largest absolute Gasteiger partial charge is 0.376 e. The molecule has 0 aliphatic heterocycles. The van der Waals surface area contributed by atoms with Crippen LogP contribution in [0.5, 0.6) is 0 Å². The summed E-state index contributed by atoms with van der Waals surface area (Å²) >= 11 is 0. The Morgan fingerprint density at radius 2 is 2.00 bits per heavy atom. The third-order valence-electron chi connectivity index (χ3n) is 2.47. The lowest BCUT2D eigenvalue weighted by atomic mass is 10.2. The van der Waals surface area contributed by atoms with E-state index in [4.69, 9.17) is 0 Å². The zero-order chi connectivity index (χ0) is 14.0. The normalized spacial score (nSPS) is 10.3. The first-order valence-electron chi connectivity index (χ1n) is 6.30. The number of benzene rings is 1. The molecule has 1 aromatic rings. The van der Waals surface area contributed by atoms with Gasteiger partial charge in [0.1, 0.15) is 5.69 Å². The lowest BCUT2D eigenvalue weighted by Crippen LogP contribution is -2.06. The van der Waals surface area contributed by atoms with Gasteiger partial charge in [-0.05, 0) is 19.4 Å². The maximum atomic E-state index is 10.8. The van der Waals surface area contributed by atoms with Crippen LogP contribution in [0.3, 0.4) is 0 Å². The summed E-state index contributed by atoms with van der Waals surface area (Å²) < 4.78 is 0. The topological polar surface area (TPSA) is 55.2 Å². The standard InChI is InChI=1S/C12H16N2O2.C2H6/c1-3-10(4-2)9-13-11-7-5-6-8-12(11)14(15)16;1-2/h3,5-8,13H,4,9H2,1-2H3;1-2H3/b10-3+;. The van der Waals surface area contributed by atoms with Gasteiger partial charge >= 0.3 is 0 Å². The Hall–Kier alpha value is -1.84. The van der Waals surface area contributed by atoms with Crippen LogP contribution < -0.4 is 5.32 Å². The summed E-state index contributed by atoms with van der Waals surface area (Å²) in [6.45, 7) is 8.69. The van der Waals surface area contributed by atoms with Crippen molar-refractivity contribution in [2.45, 2.75) is 34.1 Å². The molecule has 0 aliphatic carbocycles. The number of nitrogens with one attached hydrogen (secondary N) is 1. The average Bonchev–Trinajstić information content (AvgIpc) is 2.42. The van der Waals surface area contributed by atoms with Gasteiger partial charge < -0.3 is 5.32 Å². The molecule has 0 aliphatic rings. The van der Waals surface area contributed by atoms with Gasteiger partial charge in [-0.15, -0.1) is 0 Å². The lowest BCUT2D eigenvalue weighted by molar-refractivity contribution is -0.383. The van der Waals surface area contributed by atoms with Crippen LogP contribution in [0.1, 0.15) is 34.1 Å². The molecule has 18 heavy (non-hydrogen) atoms. The highest BCUT2D eigenvalue weighted by Gasteiger charge is 2.11. The van der Waals surface area contributed by atoms with Crippen LogP contribution in [0.15, 0.2) is 35.9 Å². The Morgan fingerprint density at radius 1 is 1.39 bits per heavy atom. The highest BCUT2D eigenvalue weighted by atomic mass is 16.6. The SMILES string of the molecule is C/C=C(\CC)CNc1ccccc1[N+](=O)[O-].CC. The number of allylic oxidation sites excluding steroid dienone is 1. The second-order valence-electron chi connectivity index (χ2n) is 3.43. The Balaban J connectivity index is 0.00000137. The van der Waals surface area contributed by atoms with E-state index in [1.807, 2.05) is 26.8 Å². The van der Waals surface area contributed by atoms with Crippen molar-refractivity contribution < 1.29 is 4.92 Å². The summed E-state index contributed by atoms with van der Waals surface area (Å²) in [4.78, 5) is 10.4. The number of hydrogen-bond acceptors (Lipinski definition) is 3. The van der Waals surface area contributed by atoms with Gasteiger partial charge in [0.2, 0.25) is 0 Å². The van der Waals surface area contributed by atoms with E-state index in [-0.39, 0.29) is 10.6 Å². The van der Waals surface area contributed by atoms with Crippen LogP contribution in [0.25, 0.3) is 0 Å². The van der Waals surface area contributed by atoms with Crippen molar-refractivity contribution in [3.63, 3.8) is 0 Å². The molecular formula is C14H22N2O2. The van der Waals surface area contributed by atoms with Crippen molar-refractivity contribution in [3.8, 4) is 0 Å². The molecule has 0 saturated carbocycles. The van der Waals surface area contributed by atoms with E-state index < -0.39 is 0 Å². The number of nitro groups is 1.